The zero-order chi connectivity index (χ0) is 5.41. The molecule has 0 atom stereocenters. The zero-order valence-corrected chi connectivity index (χ0v) is 8.11. The molecular weight excluding hydrogens is 160 g/mol. The third-order valence-corrected chi connectivity index (χ3v) is 0.354. The normalized spacial score (nSPS) is 5.00. The van der Waals surface area contributed by atoms with Crippen LogP contribution in [0.2, 0.25) is 6.82 Å². The number of hydrogen-bond donors (Lipinski definition) is 0. The van der Waals surface area contributed by atoms with Gasteiger partial charge in [-0.1, -0.05) is 20.2 Å². The van der Waals surface area contributed by atoms with Gasteiger partial charge in [-0.15, -0.1) is 0 Å². The van der Waals surface area contributed by atoms with Gasteiger partial charge in [0.1, 0.15) is 0 Å². The summed E-state index contributed by atoms with van der Waals surface area (Å²) in [5.74, 6) is 0. The van der Waals surface area contributed by atoms with E-state index in [4.69, 9.17) is 0 Å². The summed E-state index contributed by atoms with van der Waals surface area (Å²) < 4.78 is 0. The molecular formula is C5H12BY-. The molecule has 0 N–H and O–H groups in total. The van der Waals surface area contributed by atoms with E-state index in [2.05, 4.69) is 21.7 Å². The molecule has 0 saturated carbocycles. The van der Waals surface area contributed by atoms with Gasteiger partial charge in [-0.25, -0.2) is 0 Å². The smallest absolute Gasteiger partial charge is 0.0606 e. The first-order chi connectivity index (χ1) is 2.91. The van der Waals surface area contributed by atoms with E-state index in [1.165, 1.54) is 13.2 Å². The fourth-order valence-corrected chi connectivity index (χ4v) is 0. The minimum atomic E-state index is 0. The average Bonchev–Trinajstić information content (AvgIpc) is 1.72. The van der Waals surface area contributed by atoms with Crippen molar-refractivity contribution in [3.63, 3.8) is 0 Å². The Morgan fingerprint density at radius 1 is 1.43 bits per heavy atom. The fraction of sp³-hybridized carbons (Fsp3) is 0.800. The molecule has 0 aliphatic carbocycles. The summed E-state index contributed by atoms with van der Waals surface area (Å²) in [6.07, 6.45) is 2.28. The molecule has 0 bridgehead atoms. The van der Waals surface area contributed by atoms with Gasteiger partial charge >= 0.3 is 0 Å². The second kappa shape index (κ2) is 27.2. The molecule has 0 aromatic heterocycles. The molecule has 0 saturated heterocycles. The van der Waals surface area contributed by atoms with Crippen molar-refractivity contribution in [1.82, 2.24) is 0 Å². The van der Waals surface area contributed by atoms with Gasteiger partial charge < -0.3 is 6.92 Å². The van der Waals surface area contributed by atoms with Crippen molar-refractivity contribution in [2.45, 2.75) is 26.6 Å². The van der Waals surface area contributed by atoms with Crippen LogP contribution in [0.15, 0.2) is 0 Å². The van der Waals surface area contributed by atoms with Crippen molar-refractivity contribution in [2.24, 2.45) is 0 Å². The third kappa shape index (κ3) is 40.7. The minimum Gasteiger partial charge on any atom is -0.343 e. The second-order valence-electron chi connectivity index (χ2n) is 0.854. The van der Waals surface area contributed by atoms with E-state index in [0.717, 1.165) is 6.42 Å². The van der Waals surface area contributed by atoms with E-state index in [1.807, 2.05) is 0 Å². The molecule has 0 aromatic carbocycles. The van der Waals surface area contributed by atoms with Crippen LogP contribution in [0.25, 0.3) is 0 Å². The fourth-order valence-electron chi connectivity index (χ4n) is 0. The van der Waals surface area contributed by atoms with E-state index < -0.39 is 0 Å². The molecule has 0 fully saturated rings. The average molecular weight is 172 g/mol. The largest absolute Gasteiger partial charge is 0.343 e. The first kappa shape index (κ1) is 15.7. The zero-order valence-electron chi connectivity index (χ0n) is 5.28. The van der Waals surface area contributed by atoms with Crippen molar-refractivity contribution in [3.8, 4) is 0 Å². The molecule has 0 unspecified atom stereocenters. The van der Waals surface area contributed by atoms with Crippen LogP contribution in [0.1, 0.15) is 19.8 Å². The summed E-state index contributed by atoms with van der Waals surface area (Å²) in [4.78, 5) is 0. The van der Waals surface area contributed by atoms with E-state index in [-0.39, 0.29) is 32.7 Å². The Bertz CT molecular complexity index is 10.0. The Kier molecular flexibility index (Phi) is 61.0. The van der Waals surface area contributed by atoms with Crippen molar-refractivity contribution in [3.05, 3.63) is 6.92 Å². The van der Waals surface area contributed by atoms with Crippen molar-refractivity contribution in [2.75, 3.05) is 0 Å². The molecule has 2 heteroatoms. The van der Waals surface area contributed by atoms with Crippen LogP contribution in [0.3, 0.4) is 0 Å². The van der Waals surface area contributed by atoms with Gasteiger partial charge in [-0.2, -0.15) is 6.42 Å². The van der Waals surface area contributed by atoms with Crippen LogP contribution < -0.4 is 0 Å². The number of unbranched alkanes of at least 4 members (excludes halogenated alkanes) is 1. The van der Waals surface area contributed by atoms with Crippen LogP contribution in [0, 0.1) is 6.92 Å². The molecule has 0 aliphatic rings. The molecule has 0 amide bonds. The van der Waals surface area contributed by atoms with Crippen molar-refractivity contribution >= 4 is 7.85 Å². The maximum atomic E-state index is 4.50. The Morgan fingerprint density at radius 2 is 1.57 bits per heavy atom. The third-order valence-electron chi connectivity index (χ3n) is 0.354. The number of hydrogen-bond acceptors (Lipinski definition) is 0. The quantitative estimate of drug-likeness (QED) is 0.417. The van der Waals surface area contributed by atoms with Gasteiger partial charge in [0.05, 0.1) is 7.85 Å². The molecule has 0 rings (SSSR count). The number of rotatable bonds is 1. The predicted molar refractivity (Wildman–Crippen MR) is 31.9 cm³/mol. The van der Waals surface area contributed by atoms with Gasteiger partial charge in [0.15, 0.2) is 0 Å². The summed E-state index contributed by atoms with van der Waals surface area (Å²) in [7, 11) is 4.50. The van der Waals surface area contributed by atoms with E-state index >= 15 is 0 Å². The van der Waals surface area contributed by atoms with E-state index in [9.17, 15) is 0 Å². The Morgan fingerprint density at radius 3 is 1.57 bits per heavy atom. The topological polar surface area (TPSA) is 0 Å². The molecule has 0 nitrogen and oxygen atoms in total. The van der Waals surface area contributed by atoms with Crippen LogP contribution in [0.4, 0.5) is 0 Å². The molecule has 0 spiro atoms. The van der Waals surface area contributed by atoms with Gasteiger partial charge in [0.25, 0.3) is 0 Å². The summed E-state index contributed by atoms with van der Waals surface area (Å²) in [6, 6.07) is 0. The molecule has 39 valence electrons. The van der Waals surface area contributed by atoms with Gasteiger partial charge in [-0.3, -0.25) is 0 Å². The Hall–Kier alpha value is 1.17. The molecule has 7 heavy (non-hydrogen) atoms. The van der Waals surface area contributed by atoms with Crippen molar-refractivity contribution < 1.29 is 32.7 Å². The monoisotopic (exact) mass is 172 g/mol. The predicted octanol–water partition coefficient (Wildman–Crippen LogP) is 1.82. The van der Waals surface area contributed by atoms with Gasteiger partial charge in [0, 0.05) is 32.7 Å². The van der Waals surface area contributed by atoms with Gasteiger partial charge in [0.2, 0.25) is 0 Å². The van der Waals surface area contributed by atoms with E-state index in [0.29, 0.717) is 0 Å². The summed E-state index contributed by atoms with van der Waals surface area (Å²) >= 11 is 0. The summed E-state index contributed by atoms with van der Waals surface area (Å²) in [5, 5.41) is 0. The molecule has 0 aliphatic heterocycles. The molecule has 3 radical (unpaired) electrons. The van der Waals surface area contributed by atoms with Crippen LogP contribution in [0.5, 0.6) is 0 Å². The van der Waals surface area contributed by atoms with E-state index in [1.54, 1.807) is 0 Å². The summed E-state index contributed by atoms with van der Waals surface area (Å²) in [5.41, 5.74) is 0. The Labute approximate surface area is 73.7 Å². The maximum Gasteiger partial charge on any atom is 0.0606 e. The molecule has 0 heterocycles. The second-order valence-corrected chi connectivity index (χ2v) is 0.854. The van der Waals surface area contributed by atoms with Crippen LogP contribution in [-0.2, 0) is 32.7 Å². The molecule has 0 aromatic rings. The first-order valence-corrected chi connectivity index (χ1v) is 2.28. The van der Waals surface area contributed by atoms with Crippen molar-refractivity contribution in [1.29, 1.82) is 0 Å². The summed E-state index contributed by atoms with van der Waals surface area (Å²) in [6.45, 7) is 7.22. The first-order valence-electron chi connectivity index (χ1n) is 2.28. The van der Waals surface area contributed by atoms with Crippen LogP contribution in [-0.4, -0.2) is 7.85 Å². The van der Waals surface area contributed by atoms with Crippen LogP contribution >= 0.6 is 0 Å². The maximum absolute atomic E-state index is 4.50. The minimum absolute atomic E-state index is 0. The standard InChI is InChI=1S/C4H9.CH3B.Y/c1-3-4-2;1-2;/h1,3-4H2,2H3;1H3;/q-1;;. The SMILES string of the molecule is [B]C.[CH2-]CCC.[Y]. The Balaban J connectivity index is -0.0000000480. The van der Waals surface area contributed by atoms with Gasteiger partial charge in [-0.05, 0) is 0 Å².